The predicted octanol–water partition coefficient (Wildman–Crippen LogP) is 6.31. The first-order valence-corrected chi connectivity index (χ1v) is 12.8. The third kappa shape index (κ3) is 4.99. The second-order valence-corrected chi connectivity index (χ2v) is 9.54. The van der Waals surface area contributed by atoms with E-state index in [0.29, 0.717) is 34.1 Å². The van der Waals surface area contributed by atoms with Gasteiger partial charge >= 0.3 is 5.97 Å². The Hall–Kier alpha value is -4.89. The zero-order valence-corrected chi connectivity index (χ0v) is 21.9. The molecule has 1 aliphatic rings. The van der Waals surface area contributed by atoms with Crippen LogP contribution in [0.2, 0.25) is 0 Å². The number of hydrazone groups is 1. The average molecular weight is 582 g/mol. The Labute approximate surface area is 231 Å². The van der Waals surface area contributed by atoms with Gasteiger partial charge in [0.25, 0.3) is 5.91 Å². The maximum Gasteiger partial charge on any atom is 0.343 e. The fourth-order valence-electron chi connectivity index (χ4n) is 4.32. The molecule has 9 heteroatoms. The monoisotopic (exact) mass is 581 g/mol. The lowest BCUT2D eigenvalue weighted by Crippen LogP contribution is -2.19. The number of nitrogens with zero attached hydrogens (tertiary/aromatic N) is 1. The number of halogens is 1. The number of ether oxygens (including phenoxy) is 3. The van der Waals surface area contributed by atoms with Crippen molar-refractivity contribution in [1.29, 1.82) is 0 Å². The Balaban J connectivity index is 1.23. The molecule has 39 heavy (non-hydrogen) atoms. The van der Waals surface area contributed by atoms with Crippen LogP contribution >= 0.6 is 15.9 Å². The standard InChI is InChI=1S/C30H20BrN3O5/c31-21-11-12-23-22(15-21)27(18-6-2-1-3-7-18)28(33-23)29(35)34-32-16-20-8-4-5-9-24(20)39-30(36)19-10-13-25-26(14-19)38-17-37-25/h1-16,33H,17H2,(H,34,35). The highest BCUT2D eigenvalue weighted by Gasteiger charge is 2.20. The number of para-hydroxylation sites is 1. The molecule has 8 nitrogen and oxygen atoms in total. The van der Waals surface area contributed by atoms with Gasteiger partial charge in [-0.25, -0.2) is 10.2 Å². The minimum absolute atomic E-state index is 0.113. The van der Waals surface area contributed by atoms with Crippen LogP contribution in [0.1, 0.15) is 26.4 Å². The van der Waals surface area contributed by atoms with Crippen LogP contribution in [0.15, 0.2) is 101 Å². The topological polar surface area (TPSA) is 102 Å². The zero-order chi connectivity index (χ0) is 26.8. The number of amides is 1. The van der Waals surface area contributed by atoms with E-state index >= 15 is 0 Å². The fraction of sp³-hybridized carbons (Fsp3) is 0.0333. The summed E-state index contributed by atoms with van der Waals surface area (Å²) < 4.78 is 17.1. The van der Waals surface area contributed by atoms with E-state index in [-0.39, 0.29) is 6.79 Å². The highest BCUT2D eigenvalue weighted by molar-refractivity contribution is 9.10. The van der Waals surface area contributed by atoms with Crippen molar-refractivity contribution in [2.24, 2.45) is 5.10 Å². The van der Waals surface area contributed by atoms with E-state index in [2.05, 4.69) is 31.4 Å². The van der Waals surface area contributed by atoms with Crippen LogP contribution in [0.5, 0.6) is 17.2 Å². The first kappa shape index (κ1) is 24.4. The highest BCUT2D eigenvalue weighted by atomic mass is 79.9. The second kappa shape index (κ2) is 10.5. The number of fused-ring (bicyclic) bond motifs is 2. The van der Waals surface area contributed by atoms with Gasteiger partial charge in [-0.2, -0.15) is 5.10 Å². The first-order chi connectivity index (χ1) is 19.1. The van der Waals surface area contributed by atoms with E-state index in [0.717, 1.165) is 26.5 Å². The summed E-state index contributed by atoms with van der Waals surface area (Å²) >= 11 is 3.52. The molecule has 0 saturated carbocycles. The molecule has 1 amide bonds. The zero-order valence-electron chi connectivity index (χ0n) is 20.3. The van der Waals surface area contributed by atoms with E-state index in [1.165, 1.54) is 6.21 Å². The van der Waals surface area contributed by atoms with E-state index in [1.807, 2.05) is 48.5 Å². The summed E-state index contributed by atoms with van der Waals surface area (Å²) in [5.74, 6) is 0.384. The summed E-state index contributed by atoms with van der Waals surface area (Å²) in [4.78, 5) is 29.2. The molecule has 1 aliphatic heterocycles. The van der Waals surface area contributed by atoms with Gasteiger partial charge < -0.3 is 19.2 Å². The molecule has 1 aromatic heterocycles. The smallest absolute Gasteiger partial charge is 0.343 e. The van der Waals surface area contributed by atoms with Crippen molar-refractivity contribution in [3.63, 3.8) is 0 Å². The summed E-state index contributed by atoms with van der Waals surface area (Å²) in [6.07, 6.45) is 1.43. The number of carbonyl (C=O) groups excluding carboxylic acids is 2. The van der Waals surface area contributed by atoms with Gasteiger partial charge in [-0.1, -0.05) is 58.4 Å². The lowest BCUT2D eigenvalue weighted by Gasteiger charge is -2.08. The van der Waals surface area contributed by atoms with Crippen molar-refractivity contribution in [2.75, 3.05) is 6.79 Å². The number of hydrogen-bond donors (Lipinski definition) is 2. The Morgan fingerprint density at radius 2 is 1.72 bits per heavy atom. The van der Waals surface area contributed by atoms with Gasteiger partial charge in [-0.15, -0.1) is 0 Å². The fourth-order valence-corrected chi connectivity index (χ4v) is 4.68. The van der Waals surface area contributed by atoms with Crippen LogP contribution in [0.25, 0.3) is 22.0 Å². The molecular formula is C30H20BrN3O5. The van der Waals surface area contributed by atoms with E-state index < -0.39 is 11.9 Å². The maximum atomic E-state index is 13.2. The first-order valence-electron chi connectivity index (χ1n) is 12.0. The average Bonchev–Trinajstić information content (AvgIpc) is 3.58. The third-order valence-electron chi connectivity index (χ3n) is 6.15. The van der Waals surface area contributed by atoms with Crippen molar-refractivity contribution in [3.8, 4) is 28.4 Å². The molecule has 0 radical (unpaired) electrons. The van der Waals surface area contributed by atoms with Crippen molar-refractivity contribution >= 4 is 44.9 Å². The molecule has 4 aromatic carbocycles. The molecule has 0 bridgehead atoms. The molecular weight excluding hydrogens is 562 g/mol. The number of esters is 1. The number of aromatic nitrogens is 1. The van der Waals surface area contributed by atoms with Crippen LogP contribution in [-0.2, 0) is 0 Å². The molecule has 0 fully saturated rings. The molecule has 6 rings (SSSR count). The van der Waals surface area contributed by atoms with E-state index in [9.17, 15) is 9.59 Å². The molecule has 5 aromatic rings. The number of carbonyl (C=O) groups is 2. The Bertz CT molecular complexity index is 1750. The number of H-pyrrole nitrogens is 1. The quantitative estimate of drug-likeness (QED) is 0.106. The van der Waals surface area contributed by atoms with Crippen molar-refractivity contribution < 1.29 is 23.8 Å². The Morgan fingerprint density at radius 3 is 2.59 bits per heavy atom. The van der Waals surface area contributed by atoms with Crippen molar-refractivity contribution in [3.05, 3.63) is 112 Å². The summed E-state index contributed by atoms with van der Waals surface area (Å²) in [5, 5.41) is 5.05. The largest absolute Gasteiger partial charge is 0.454 e. The summed E-state index contributed by atoms with van der Waals surface area (Å²) in [7, 11) is 0. The predicted molar refractivity (Wildman–Crippen MR) is 150 cm³/mol. The SMILES string of the molecule is O=C(Oc1ccccc1C=NNC(=O)c1[nH]c2ccc(Br)cc2c1-c1ccccc1)c1ccc2c(c1)OCO2. The summed E-state index contributed by atoms with van der Waals surface area (Å²) in [5.41, 5.74) is 6.30. The van der Waals surface area contributed by atoms with Crippen LogP contribution < -0.4 is 19.6 Å². The van der Waals surface area contributed by atoms with Crippen LogP contribution in [0.4, 0.5) is 0 Å². The van der Waals surface area contributed by atoms with Gasteiger partial charge in [-0.3, -0.25) is 4.79 Å². The Kier molecular flexibility index (Phi) is 6.56. The number of rotatable bonds is 6. The number of benzene rings is 4. The minimum Gasteiger partial charge on any atom is -0.454 e. The maximum absolute atomic E-state index is 13.2. The second-order valence-electron chi connectivity index (χ2n) is 8.63. The van der Waals surface area contributed by atoms with Crippen LogP contribution in [-0.4, -0.2) is 29.9 Å². The van der Waals surface area contributed by atoms with Gasteiger partial charge in [0.15, 0.2) is 11.5 Å². The molecule has 2 heterocycles. The summed E-state index contributed by atoms with van der Waals surface area (Å²) in [6, 6.07) is 27.2. The third-order valence-corrected chi connectivity index (χ3v) is 6.64. The number of hydrogen-bond acceptors (Lipinski definition) is 6. The molecule has 0 spiro atoms. The van der Waals surface area contributed by atoms with Gasteiger partial charge in [0.05, 0.1) is 11.8 Å². The molecule has 0 unspecified atom stereocenters. The molecule has 0 atom stereocenters. The van der Waals surface area contributed by atoms with Crippen LogP contribution in [0.3, 0.4) is 0 Å². The number of aromatic amines is 1. The van der Waals surface area contributed by atoms with Gasteiger partial charge in [0.1, 0.15) is 11.4 Å². The molecule has 192 valence electrons. The summed E-state index contributed by atoms with van der Waals surface area (Å²) in [6.45, 7) is 0.113. The normalized spacial score (nSPS) is 12.1. The van der Waals surface area contributed by atoms with Gasteiger partial charge in [0, 0.05) is 26.5 Å². The lowest BCUT2D eigenvalue weighted by atomic mass is 10.0. The molecule has 2 N–H and O–H groups in total. The minimum atomic E-state index is -0.560. The van der Waals surface area contributed by atoms with E-state index in [1.54, 1.807) is 42.5 Å². The van der Waals surface area contributed by atoms with Gasteiger partial charge in [0.2, 0.25) is 6.79 Å². The van der Waals surface area contributed by atoms with Crippen molar-refractivity contribution in [1.82, 2.24) is 10.4 Å². The molecule has 0 aliphatic carbocycles. The Morgan fingerprint density at radius 1 is 0.923 bits per heavy atom. The highest BCUT2D eigenvalue weighted by Crippen LogP contribution is 2.35. The van der Waals surface area contributed by atoms with Crippen LogP contribution in [0, 0.1) is 0 Å². The van der Waals surface area contributed by atoms with Gasteiger partial charge in [-0.05, 0) is 54.1 Å². The van der Waals surface area contributed by atoms with Crippen molar-refractivity contribution in [2.45, 2.75) is 0 Å². The van der Waals surface area contributed by atoms with E-state index in [4.69, 9.17) is 14.2 Å². The lowest BCUT2D eigenvalue weighted by molar-refractivity contribution is 0.0733. The number of nitrogens with one attached hydrogen (secondary N) is 2. The molecule has 0 saturated heterocycles.